The predicted molar refractivity (Wildman–Crippen MR) is 52.7 cm³/mol. The van der Waals surface area contributed by atoms with Crippen molar-refractivity contribution in [3.05, 3.63) is 29.3 Å². The topological polar surface area (TPSA) is 46.2 Å². The van der Waals surface area contributed by atoms with Crippen LogP contribution in [0.1, 0.15) is 24.5 Å². The Kier molecular flexibility index (Phi) is 1.81. The molecule has 3 N–H and O–H groups in total. The number of aryl methyl sites for hydroxylation is 1. The third-order valence-corrected chi connectivity index (χ3v) is 2.79. The van der Waals surface area contributed by atoms with Crippen LogP contribution in [0.15, 0.2) is 18.2 Å². The van der Waals surface area contributed by atoms with E-state index < -0.39 is 0 Å². The first-order valence-corrected chi connectivity index (χ1v) is 4.67. The van der Waals surface area contributed by atoms with E-state index in [0.29, 0.717) is 5.75 Å². The predicted octanol–water partition coefficient (Wildman–Crippen LogP) is 1.60. The van der Waals surface area contributed by atoms with E-state index >= 15 is 0 Å². The summed E-state index contributed by atoms with van der Waals surface area (Å²) in [5.41, 5.74) is 8.20. The summed E-state index contributed by atoms with van der Waals surface area (Å²) in [6.45, 7) is 2.04. The SMILES string of the molecule is CC1(N)CCc2cccc(O)c2C1. The van der Waals surface area contributed by atoms with Crippen LogP contribution in [0.3, 0.4) is 0 Å². The van der Waals surface area contributed by atoms with Crippen molar-refractivity contribution in [3.63, 3.8) is 0 Å². The summed E-state index contributed by atoms with van der Waals surface area (Å²) < 4.78 is 0. The number of phenols is 1. The molecule has 2 heteroatoms. The molecule has 0 bridgehead atoms. The fourth-order valence-corrected chi connectivity index (χ4v) is 1.97. The number of aromatic hydroxyl groups is 1. The number of nitrogens with two attached hydrogens (primary N) is 1. The molecule has 0 saturated heterocycles. The number of hydrogen-bond donors (Lipinski definition) is 2. The molecule has 0 spiro atoms. The van der Waals surface area contributed by atoms with Crippen LogP contribution >= 0.6 is 0 Å². The van der Waals surface area contributed by atoms with Gasteiger partial charge in [0.2, 0.25) is 0 Å². The third-order valence-electron chi connectivity index (χ3n) is 2.79. The van der Waals surface area contributed by atoms with Gasteiger partial charge >= 0.3 is 0 Å². The zero-order chi connectivity index (χ0) is 9.47. The van der Waals surface area contributed by atoms with Crippen molar-refractivity contribution in [1.82, 2.24) is 0 Å². The molecule has 13 heavy (non-hydrogen) atoms. The molecular formula is C11H15NO. The second-order valence-electron chi connectivity index (χ2n) is 4.25. The van der Waals surface area contributed by atoms with Crippen molar-refractivity contribution in [2.75, 3.05) is 0 Å². The average Bonchev–Trinajstić information content (AvgIpc) is 2.06. The second-order valence-corrected chi connectivity index (χ2v) is 4.25. The Morgan fingerprint density at radius 3 is 3.00 bits per heavy atom. The van der Waals surface area contributed by atoms with Gasteiger partial charge in [0.15, 0.2) is 0 Å². The van der Waals surface area contributed by atoms with Gasteiger partial charge in [0.05, 0.1) is 0 Å². The molecule has 2 nitrogen and oxygen atoms in total. The molecule has 0 saturated carbocycles. The van der Waals surface area contributed by atoms with Gasteiger partial charge < -0.3 is 10.8 Å². The molecule has 70 valence electrons. The summed E-state index contributed by atoms with van der Waals surface area (Å²) in [4.78, 5) is 0. The highest BCUT2D eigenvalue weighted by atomic mass is 16.3. The lowest BCUT2D eigenvalue weighted by atomic mass is 9.79. The molecule has 0 radical (unpaired) electrons. The summed E-state index contributed by atoms with van der Waals surface area (Å²) in [6, 6.07) is 5.71. The van der Waals surface area contributed by atoms with Crippen molar-refractivity contribution in [3.8, 4) is 5.75 Å². The van der Waals surface area contributed by atoms with Crippen LogP contribution in [0.4, 0.5) is 0 Å². The van der Waals surface area contributed by atoms with E-state index in [-0.39, 0.29) is 5.54 Å². The maximum atomic E-state index is 9.63. The largest absolute Gasteiger partial charge is 0.508 e. The van der Waals surface area contributed by atoms with Crippen LogP contribution in [0.25, 0.3) is 0 Å². The van der Waals surface area contributed by atoms with E-state index in [2.05, 4.69) is 6.07 Å². The van der Waals surface area contributed by atoms with E-state index in [1.807, 2.05) is 13.0 Å². The lowest BCUT2D eigenvalue weighted by Crippen LogP contribution is -2.41. The van der Waals surface area contributed by atoms with Crippen molar-refractivity contribution >= 4 is 0 Å². The normalized spacial score (nSPS) is 26.9. The first kappa shape index (κ1) is 8.57. The number of phenolic OH excluding ortho intramolecular Hbond substituents is 1. The minimum Gasteiger partial charge on any atom is -0.508 e. The molecule has 0 heterocycles. The van der Waals surface area contributed by atoms with Gasteiger partial charge in [-0.3, -0.25) is 0 Å². The van der Waals surface area contributed by atoms with Gasteiger partial charge in [0.25, 0.3) is 0 Å². The van der Waals surface area contributed by atoms with Crippen LogP contribution in [-0.4, -0.2) is 10.6 Å². The van der Waals surface area contributed by atoms with E-state index in [9.17, 15) is 5.11 Å². The lowest BCUT2D eigenvalue weighted by molar-refractivity contribution is 0.390. The fourth-order valence-electron chi connectivity index (χ4n) is 1.97. The van der Waals surface area contributed by atoms with Crippen molar-refractivity contribution in [2.24, 2.45) is 5.73 Å². The Bertz CT molecular complexity index is 331. The average molecular weight is 177 g/mol. The summed E-state index contributed by atoms with van der Waals surface area (Å²) in [5.74, 6) is 0.397. The Hall–Kier alpha value is -1.02. The van der Waals surface area contributed by atoms with Crippen molar-refractivity contribution < 1.29 is 5.11 Å². The molecule has 1 aromatic rings. The Morgan fingerprint density at radius 2 is 2.23 bits per heavy atom. The highest BCUT2D eigenvalue weighted by molar-refractivity contribution is 5.42. The first-order valence-electron chi connectivity index (χ1n) is 4.67. The first-order chi connectivity index (χ1) is 6.08. The van der Waals surface area contributed by atoms with Crippen molar-refractivity contribution in [2.45, 2.75) is 31.7 Å². The van der Waals surface area contributed by atoms with Gasteiger partial charge in [-0.15, -0.1) is 0 Å². The molecule has 2 rings (SSSR count). The smallest absolute Gasteiger partial charge is 0.119 e. The summed E-state index contributed by atoms with van der Waals surface area (Å²) in [7, 11) is 0. The van der Waals surface area contributed by atoms with Gasteiger partial charge in [-0.25, -0.2) is 0 Å². The number of rotatable bonds is 0. The molecule has 1 aromatic carbocycles. The minimum absolute atomic E-state index is 0.147. The van der Waals surface area contributed by atoms with Crippen LogP contribution in [0.2, 0.25) is 0 Å². The minimum atomic E-state index is -0.147. The van der Waals surface area contributed by atoms with Gasteiger partial charge in [-0.05, 0) is 43.4 Å². The highest BCUT2D eigenvalue weighted by Gasteiger charge is 2.26. The van der Waals surface area contributed by atoms with E-state index in [1.165, 1.54) is 5.56 Å². The quantitative estimate of drug-likeness (QED) is 0.632. The highest BCUT2D eigenvalue weighted by Crippen LogP contribution is 2.32. The molecule has 0 amide bonds. The number of fused-ring (bicyclic) bond motifs is 1. The molecule has 1 unspecified atom stereocenters. The molecule has 0 aliphatic heterocycles. The zero-order valence-corrected chi connectivity index (χ0v) is 7.88. The standard InChI is InChI=1S/C11H15NO/c1-11(12)6-5-8-3-2-4-10(13)9(8)7-11/h2-4,13H,5-7,12H2,1H3. The van der Waals surface area contributed by atoms with E-state index in [1.54, 1.807) is 6.07 Å². The maximum absolute atomic E-state index is 9.63. The maximum Gasteiger partial charge on any atom is 0.119 e. The van der Waals surface area contributed by atoms with Crippen LogP contribution < -0.4 is 5.73 Å². The lowest BCUT2D eigenvalue weighted by Gasteiger charge is -2.31. The second kappa shape index (κ2) is 2.74. The van der Waals surface area contributed by atoms with Gasteiger partial charge in [-0.1, -0.05) is 12.1 Å². The van der Waals surface area contributed by atoms with E-state index in [0.717, 1.165) is 24.8 Å². The molecule has 1 aliphatic carbocycles. The Balaban J connectivity index is 2.44. The van der Waals surface area contributed by atoms with Gasteiger partial charge in [0, 0.05) is 5.54 Å². The molecule has 1 aliphatic rings. The Morgan fingerprint density at radius 1 is 1.46 bits per heavy atom. The molecule has 0 aromatic heterocycles. The van der Waals surface area contributed by atoms with Crippen LogP contribution in [0.5, 0.6) is 5.75 Å². The van der Waals surface area contributed by atoms with Crippen LogP contribution in [-0.2, 0) is 12.8 Å². The van der Waals surface area contributed by atoms with Gasteiger partial charge in [0.1, 0.15) is 5.75 Å². The van der Waals surface area contributed by atoms with Crippen molar-refractivity contribution in [1.29, 1.82) is 0 Å². The third kappa shape index (κ3) is 1.54. The summed E-state index contributed by atoms with van der Waals surface area (Å²) in [5, 5.41) is 9.63. The zero-order valence-electron chi connectivity index (χ0n) is 7.88. The van der Waals surface area contributed by atoms with E-state index in [4.69, 9.17) is 5.73 Å². The molecule has 0 fully saturated rings. The summed E-state index contributed by atoms with van der Waals surface area (Å²) >= 11 is 0. The van der Waals surface area contributed by atoms with Gasteiger partial charge in [-0.2, -0.15) is 0 Å². The molecular weight excluding hydrogens is 162 g/mol. The summed E-state index contributed by atoms with van der Waals surface area (Å²) in [6.07, 6.45) is 2.77. The van der Waals surface area contributed by atoms with Crippen LogP contribution in [0, 0.1) is 0 Å². The Labute approximate surface area is 78.4 Å². The number of benzene rings is 1. The fraction of sp³-hybridized carbons (Fsp3) is 0.455. The molecule has 1 atom stereocenters. The number of hydrogen-bond acceptors (Lipinski definition) is 2. The monoisotopic (exact) mass is 177 g/mol.